The number of rotatable bonds is 16. The minimum atomic E-state index is -0.630. The zero-order valence-corrected chi connectivity index (χ0v) is 34.9. The summed E-state index contributed by atoms with van der Waals surface area (Å²) >= 11 is 0. The Bertz CT molecular complexity index is 2330. The number of carbonyl (C=O) groups excluding carboxylic acids is 4. The fraction of sp³-hybridized carbons (Fsp3) is 0.318. The van der Waals surface area contributed by atoms with Crippen molar-refractivity contribution in [2.75, 3.05) is 60.9 Å². The summed E-state index contributed by atoms with van der Waals surface area (Å²) in [6.07, 6.45) is 5.82. The first-order valence-corrected chi connectivity index (χ1v) is 19.6. The molecule has 0 aliphatic rings. The maximum atomic E-state index is 12.6. The van der Waals surface area contributed by atoms with Crippen LogP contribution in [0.3, 0.4) is 0 Å². The highest BCUT2D eigenvalue weighted by Crippen LogP contribution is 2.27. The number of nitrogens with zero attached hydrogens (tertiary/aromatic N) is 4. The highest BCUT2D eigenvalue weighted by molar-refractivity contribution is 5.93. The Morgan fingerprint density at radius 1 is 0.525 bits per heavy atom. The van der Waals surface area contributed by atoms with E-state index in [1.807, 2.05) is 45.2 Å². The van der Waals surface area contributed by atoms with Gasteiger partial charge in [0.25, 0.3) is 0 Å². The summed E-state index contributed by atoms with van der Waals surface area (Å²) < 4.78 is 30.9. The highest BCUT2D eigenvalue weighted by Gasteiger charge is 2.18. The number of fused-ring (bicyclic) bond motifs is 2. The summed E-state index contributed by atoms with van der Waals surface area (Å²) in [7, 11) is 0. The topological polar surface area (TPSA) is 197 Å². The summed E-state index contributed by atoms with van der Waals surface area (Å²) in [6, 6.07) is 21.7. The van der Waals surface area contributed by atoms with E-state index in [2.05, 4.69) is 31.2 Å². The Hall–Kier alpha value is -6.82. The zero-order chi connectivity index (χ0) is 43.6. The molecular weight excluding hydrogens is 785 g/mol. The molecule has 0 aliphatic heterocycles. The fourth-order valence-corrected chi connectivity index (χ4v) is 5.95. The maximum absolute atomic E-state index is 12.6. The molecule has 4 heterocycles. The Balaban J connectivity index is 0.876. The smallest absolute Gasteiger partial charge is 0.412 e. The number of hydrogen-bond donors (Lipinski definition) is 4. The van der Waals surface area contributed by atoms with Crippen molar-refractivity contribution in [3.63, 3.8) is 0 Å². The maximum Gasteiger partial charge on any atom is 0.412 e. The van der Waals surface area contributed by atoms with Gasteiger partial charge in [-0.15, -0.1) is 0 Å². The summed E-state index contributed by atoms with van der Waals surface area (Å²) in [6.45, 7) is 11.2. The van der Waals surface area contributed by atoms with Gasteiger partial charge in [-0.2, -0.15) is 0 Å². The lowest BCUT2D eigenvalue weighted by molar-refractivity contribution is -0.121. The van der Waals surface area contributed by atoms with E-state index in [-0.39, 0.29) is 51.5 Å². The second-order valence-corrected chi connectivity index (χ2v) is 15.8. The van der Waals surface area contributed by atoms with Crippen molar-refractivity contribution in [3.05, 3.63) is 97.6 Å². The summed E-state index contributed by atoms with van der Waals surface area (Å²) in [4.78, 5) is 58.7. The molecule has 0 spiro atoms. The summed E-state index contributed by atoms with van der Waals surface area (Å²) in [5, 5.41) is 11.2. The molecule has 0 saturated carbocycles. The van der Waals surface area contributed by atoms with E-state index in [1.165, 1.54) is 0 Å². The first-order chi connectivity index (χ1) is 29.1. The molecule has 4 N–H and O–H groups in total. The number of anilines is 4. The standard InChI is InChI=1S/C44H50N8O9/c1-43(2,3)60-41(55)49-33-13-15-37-45-23-35(51(37)25-33)29-9-7-11-31(21-29)47-39(53)27-58-19-17-57-18-20-59-28-40(54)48-32-12-8-10-30(22-32)36-24-46-38-16-14-34(26-52(36)38)50-42(56)61-44(4,5)6/h7-16,21-26H,17-20,27-28H2,1-6H3,(H,47,53)(H,48,54)(H,49,55)(H,50,56). The molecule has 0 atom stereocenters. The Morgan fingerprint density at radius 2 is 0.934 bits per heavy atom. The molecule has 0 unspecified atom stereocenters. The van der Waals surface area contributed by atoms with Gasteiger partial charge < -0.3 is 34.3 Å². The van der Waals surface area contributed by atoms with E-state index in [9.17, 15) is 19.2 Å². The van der Waals surface area contributed by atoms with Crippen LogP contribution in [0.2, 0.25) is 0 Å². The molecule has 320 valence electrons. The minimum Gasteiger partial charge on any atom is -0.444 e. The van der Waals surface area contributed by atoms with E-state index < -0.39 is 23.4 Å². The van der Waals surface area contributed by atoms with Crippen molar-refractivity contribution < 1.29 is 42.9 Å². The lowest BCUT2D eigenvalue weighted by atomic mass is 10.1. The molecule has 0 bridgehead atoms. The molecule has 6 aromatic rings. The predicted molar refractivity (Wildman–Crippen MR) is 231 cm³/mol. The molecule has 2 aromatic carbocycles. The van der Waals surface area contributed by atoms with Crippen molar-refractivity contribution >= 4 is 58.0 Å². The zero-order valence-electron chi connectivity index (χ0n) is 34.9. The average molecular weight is 835 g/mol. The van der Waals surface area contributed by atoms with Crippen LogP contribution in [0.5, 0.6) is 0 Å². The Kier molecular flexibility index (Phi) is 14.0. The monoisotopic (exact) mass is 834 g/mol. The summed E-state index contributed by atoms with van der Waals surface area (Å²) in [5.41, 5.74) is 5.44. The van der Waals surface area contributed by atoms with Gasteiger partial charge in [-0.25, -0.2) is 19.6 Å². The van der Waals surface area contributed by atoms with Gasteiger partial charge in [0.1, 0.15) is 35.7 Å². The summed E-state index contributed by atoms with van der Waals surface area (Å²) in [5.74, 6) is -0.668. The van der Waals surface area contributed by atoms with Gasteiger partial charge in [-0.1, -0.05) is 24.3 Å². The third-order valence-corrected chi connectivity index (χ3v) is 8.40. The number of amides is 4. The van der Waals surface area contributed by atoms with Crippen molar-refractivity contribution in [1.29, 1.82) is 0 Å². The van der Waals surface area contributed by atoms with Gasteiger partial charge in [-0.05, 0) is 90.1 Å². The quantitative estimate of drug-likeness (QED) is 0.0700. The number of aromatic nitrogens is 4. The van der Waals surface area contributed by atoms with E-state index in [0.29, 0.717) is 34.0 Å². The molecule has 61 heavy (non-hydrogen) atoms. The molecule has 0 radical (unpaired) electrons. The number of imidazole rings is 2. The van der Waals surface area contributed by atoms with Crippen LogP contribution < -0.4 is 21.3 Å². The van der Waals surface area contributed by atoms with E-state index >= 15 is 0 Å². The van der Waals surface area contributed by atoms with Crippen LogP contribution in [-0.4, -0.2) is 93.6 Å². The number of benzene rings is 2. The fourth-order valence-electron chi connectivity index (χ4n) is 5.95. The second kappa shape index (κ2) is 19.5. The third-order valence-electron chi connectivity index (χ3n) is 8.40. The van der Waals surface area contributed by atoms with Crippen molar-refractivity contribution in [2.24, 2.45) is 0 Å². The van der Waals surface area contributed by atoms with Gasteiger partial charge in [0.2, 0.25) is 11.8 Å². The van der Waals surface area contributed by atoms with Crippen LogP contribution in [-0.2, 0) is 33.3 Å². The Labute approximate surface area is 352 Å². The van der Waals surface area contributed by atoms with Gasteiger partial charge in [-0.3, -0.25) is 29.0 Å². The van der Waals surface area contributed by atoms with Crippen molar-refractivity contribution in [3.8, 4) is 22.5 Å². The average Bonchev–Trinajstić information content (AvgIpc) is 3.80. The SMILES string of the molecule is CC(C)(C)OC(=O)Nc1ccc2ncc(-c3cccc(NC(=O)COCCOCCOCC(=O)Nc4cccc(-c5cnc6ccc(NC(=O)OC(C)(C)C)cn56)c4)c3)n2c1. The largest absolute Gasteiger partial charge is 0.444 e. The van der Waals surface area contributed by atoms with Crippen LogP contribution in [0.1, 0.15) is 41.5 Å². The predicted octanol–water partition coefficient (Wildman–Crippen LogP) is 7.64. The van der Waals surface area contributed by atoms with Crippen LogP contribution in [0, 0.1) is 0 Å². The highest BCUT2D eigenvalue weighted by atomic mass is 16.6. The van der Waals surface area contributed by atoms with Crippen molar-refractivity contribution in [2.45, 2.75) is 52.7 Å². The van der Waals surface area contributed by atoms with Gasteiger partial charge >= 0.3 is 12.2 Å². The van der Waals surface area contributed by atoms with Crippen molar-refractivity contribution in [1.82, 2.24) is 18.8 Å². The van der Waals surface area contributed by atoms with Crippen LogP contribution >= 0.6 is 0 Å². The number of hydrogen-bond acceptors (Lipinski definition) is 11. The lowest BCUT2D eigenvalue weighted by Gasteiger charge is -2.19. The Morgan fingerprint density at radius 3 is 1.34 bits per heavy atom. The normalized spacial score (nSPS) is 11.6. The van der Waals surface area contributed by atoms with Crippen LogP contribution in [0.4, 0.5) is 32.3 Å². The van der Waals surface area contributed by atoms with Gasteiger partial charge in [0, 0.05) is 34.9 Å². The number of ether oxygens (including phenoxy) is 5. The lowest BCUT2D eigenvalue weighted by Crippen LogP contribution is -2.27. The molecule has 4 aromatic heterocycles. The van der Waals surface area contributed by atoms with Gasteiger partial charge in [0.05, 0.1) is 61.6 Å². The molecule has 0 fully saturated rings. The number of pyridine rings is 2. The molecule has 0 aliphatic carbocycles. The second-order valence-electron chi connectivity index (χ2n) is 15.8. The molecule has 17 heteroatoms. The van der Waals surface area contributed by atoms with E-state index in [1.54, 1.807) is 103 Å². The minimum absolute atomic E-state index is 0.176. The third kappa shape index (κ3) is 13.1. The van der Waals surface area contributed by atoms with Crippen LogP contribution in [0.25, 0.3) is 33.8 Å². The van der Waals surface area contributed by atoms with Crippen LogP contribution in [0.15, 0.2) is 97.6 Å². The first kappa shape index (κ1) is 43.8. The number of carbonyl (C=O) groups is 4. The molecule has 6 rings (SSSR count). The first-order valence-electron chi connectivity index (χ1n) is 19.6. The molecule has 0 saturated heterocycles. The van der Waals surface area contributed by atoms with E-state index in [0.717, 1.165) is 22.5 Å². The number of nitrogens with one attached hydrogen (secondary N) is 4. The van der Waals surface area contributed by atoms with E-state index in [4.69, 9.17) is 23.7 Å². The van der Waals surface area contributed by atoms with Gasteiger partial charge in [0.15, 0.2) is 0 Å². The molecule has 4 amide bonds. The molecule has 17 nitrogen and oxygen atoms in total. The molecular formula is C44H50N8O9.